The monoisotopic (exact) mass is 330 g/mol. The number of benzene rings is 1. The topological polar surface area (TPSA) is 50.8 Å². The van der Waals surface area contributed by atoms with Crippen LogP contribution in [0.3, 0.4) is 0 Å². The Labute approximate surface area is 135 Å². The van der Waals surface area contributed by atoms with Crippen molar-refractivity contribution in [1.29, 1.82) is 0 Å². The Morgan fingerprint density at radius 2 is 2.32 bits per heavy atom. The van der Waals surface area contributed by atoms with Gasteiger partial charge in [-0.05, 0) is 19.1 Å². The van der Waals surface area contributed by atoms with Crippen molar-refractivity contribution in [2.45, 2.75) is 25.5 Å². The van der Waals surface area contributed by atoms with Gasteiger partial charge in [-0.1, -0.05) is 0 Å². The van der Waals surface area contributed by atoms with Gasteiger partial charge in [0, 0.05) is 25.1 Å². The second-order valence-corrected chi connectivity index (χ2v) is 5.47. The molecule has 0 radical (unpaired) electrons. The van der Waals surface area contributed by atoms with Crippen molar-refractivity contribution in [1.82, 2.24) is 5.32 Å². The lowest BCUT2D eigenvalue weighted by Gasteiger charge is -2.34. The van der Waals surface area contributed by atoms with Crippen LogP contribution in [0.4, 0.5) is 10.1 Å². The second-order valence-electron chi connectivity index (χ2n) is 5.47. The summed E-state index contributed by atoms with van der Waals surface area (Å²) in [6.07, 6.45) is 0.211. The summed E-state index contributed by atoms with van der Waals surface area (Å²) in [5, 5.41) is 3.27. The minimum absolute atomic E-state index is 0. The van der Waals surface area contributed by atoms with Gasteiger partial charge >= 0.3 is 0 Å². The molecule has 2 heterocycles. The maximum atomic E-state index is 13.3. The number of hydrogen-bond donors (Lipinski definition) is 1. The normalized spacial score (nSPS) is 24.0. The molecule has 0 aliphatic carbocycles. The van der Waals surface area contributed by atoms with E-state index in [1.807, 2.05) is 6.92 Å². The number of nitrogens with zero attached hydrogens (tertiary/aromatic N) is 1. The molecule has 2 unspecified atom stereocenters. The van der Waals surface area contributed by atoms with Crippen LogP contribution in [0.2, 0.25) is 0 Å². The van der Waals surface area contributed by atoms with Gasteiger partial charge in [0.1, 0.15) is 17.7 Å². The van der Waals surface area contributed by atoms with Crippen molar-refractivity contribution in [3.63, 3.8) is 0 Å². The van der Waals surface area contributed by atoms with Crippen molar-refractivity contribution in [2.24, 2.45) is 0 Å². The molecule has 1 saturated heterocycles. The van der Waals surface area contributed by atoms with Crippen LogP contribution in [0.5, 0.6) is 5.75 Å². The number of ether oxygens (including phenoxy) is 2. The van der Waals surface area contributed by atoms with E-state index in [4.69, 9.17) is 9.47 Å². The van der Waals surface area contributed by atoms with E-state index in [-0.39, 0.29) is 36.3 Å². The van der Waals surface area contributed by atoms with Crippen molar-refractivity contribution < 1.29 is 18.7 Å². The van der Waals surface area contributed by atoms with E-state index in [2.05, 4.69) is 5.32 Å². The molecule has 0 aromatic heterocycles. The molecule has 0 spiro atoms. The zero-order valence-electron chi connectivity index (χ0n) is 12.4. The fraction of sp³-hybridized carbons (Fsp3) is 0.533. The average molecular weight is 331 g/mol. The van der Waals surface area contributed by atoms with Crippen LogP contribution >= 0.6 is 12.4 Å². The zero-order chi connectivity index (χ0) is 14.8. The molecule has 0 saturated carbocycles. The second kappa shape index (κ2) is 7.26. The summed E-state index contributed by atoms with van der Waals surface area (Å²) in [5.74, 6) is 0.0635. The molecule has 7 heteroatoms. The molecule has 3 rings (SSSR count). The molecule has 2 atom stereocenters. The summed E-state index contributed by atoms with van der Waals surface area (Å²) >= 11 is 0. The summed E-state index contributed by atoms with van der Waals surface area (Å²) in [6.45, 7) is 4.34. The molecule has 2 aliphatic rings. The molecule has 22 heavy (non-hydrogen) atoms. The molecule has 1 aromatic rings. The maximum absolute atomic E-state index is 13.3. The van der Waals surface area contributed by atoms with E-state index in [0.29, 0.717) is 37.6 Å². The molecule has 0 bridgehead atoms. The summed E-state index contributed by atoms with van der Waals surface area (Å²) < 4.78 is 24.3. The van der Waals surface area contributed by atoms with Crippen molar-refractivity contribution in [3.05, 3.63) is 24.0 Å². The van der Waals surface area contributed by atoms with E-state index < -0.39 is 0 Å². The van der Waals surface area contributed by atoms with Gasteiger partial charge in [0.05, 0.1) is 25.4 Å². The highest BCUT2D eigenvalue weighted by atomic mass is 35.5. The van der Waals surface area contributed by atoms with Gasteiger partial charge in [-0.25, -0.2) is 4.39 Å². The Bertz CT molecular complexity index is 538. The molecule has 1 N–H and O–H groups in total. The van der Waals surface area contributed by atoms with Gasteiger partial charge in [0.2, 0.25) is 5.91 Å². The Balaban J connectivity index is 0.00000176. The zero-order valence-corrected chi connectivity index (χ0v) is 13.2. The van der Waals surface area contributed by atoms with Crippen LogP contribution < -0.4 is 15.0 Å². The summed E-state index contributed by atoms with van der Waals surface area (Å²) in [6, 6.07) is 4.31. The molecule has 1 aromatic carbocycles. The van der Waals surface area contributed by atoms with Crippen LogP contribution in [0.1, 0.15) is 13.3 Å². The number of carbonyl (C=O) groups is 1. The third-order valence-electron chi connectivity index (χ3n) is 3.70. The third-order valence-corrected chi connectivity index (χ3v) is 3.70. The largest absolute Gasteiger partial charge is 0.487 e. The van der Waals surface area contributed by atoms with Crippen LogP contribution in [-0.4, -0.2) is 44.4 Å². The highest BCUT2D eigenvalue weighted by Crippen LogP contribution is 2.34. The van der Waals surface area contributed by atoms with Crippen molar-refractivity contribution in [3.8, 4) is 5.75 Å². The summed E-state index contributed by atoms with van der Waals surface area (Å²) in [4.78, 5) is 14.2. The van der Waals surface area contributed by atoms with E-state index in [1.54, 1.807) is 11.0 Å². The van der Waals surface area contributed by atoms with Gasteiger partial charge in [0.25, 0.3) is 0 Å². The number of amides is 1. The Hall–Kier alpha value is -1.37. The van der Waals surface area contributed by atoms with E-state index in [0.717, 1.165) is 6.54 Å². The highest BCUT2D eigenvalue weighted by molar-refractivity contribution is 5.95. The molecule has 122 valence electrons. The minimum Gasteiger partial charge on any atom is -0.487 e. The highest BCUT2D eigenvalue weighted by Gasteiger charge is 2.29. The van der Waals surface area contributed by atoms with E-state index in [1.165, 1.54) is 12.1 Å². The molecular weight excluding hydrogens is 311 g/mol. The number of rotatable bonds is 2. The van der Waals surface area contributed by atoms with Crippen molar-refractivity contribution >= 4 is 24.0 Å². The van der Waals surface area contributed by atoms with E-state index >= 15 is 0 Å². The van der Waals surface area contributed by atoms with Crippen LogP contribution in [0.15, 0.2) is 18.2 Å². The number of anilines is 1. The molecule has 5 nitrogen and oxygen atoms in total. The van der Waals surface area contributed by atoms with Gasteiger partial charge in [-0.3, -0.25) is 4.79 Å². The molecule has 1 amide bonds. The molecule has 2 aliphatic heterocycles. The number of nitrogens with one attached hydrogen (secondary N) is 1. The predicted molar refractivity (Wildman–Crippen MR) is 83.3 cm³/mol. The van der Waals surface area contributed by atoms with Gasteiger partial charge in [0.15, 0.2) is 0 Å². The number of morpholine rings is 1. The van der Waals surface area contributed by atoms with E-state index in [9.17, 15) is 9.18 Å². The maximum Gasteiger partial charge on any atom is 0.228 e. The first-order valence-corrected chi connectivity index (χ1v) is 7.21. The Kier molecular flexibility index (Phi) is 5.61. The first-order valence-electron chi connectivity index (χ1n) is 7.21. The SMILES string of the molecule is CC1CN(C(=O)CC2COCCN2)c2ccc(F)cc2O1.Cl. The standard InChI is InChI=1S/C15H19FN2O3.ClH/c1-10-8-18(13-3-2-11(16)6-14(13)21-10)15(19)7-12-9-20-5-4-17-12;/h2-3,6,10,12,17H,4-5,7-9H2,1H3;1H. The quantitative estimate of drug-likeness (QED) is 0.897. The minimum atomic E-state index is -0.363. The van der Waals surface area contributed by atoms with Crippen LogP contribution in [-0.2, 0) is 9.53 Å². The smallest absolute Gasteiger partial charge is 0.228 e. The fourth-order valence-corrected chi connectivity index (χ4v) is 2.72. The van der Waals surface area contributed by atoms with Gasteiger partial charge < -0.3 is 19.7 Å². The lowest BCUT2D eigenvalue weighted by molar-refractivity contribution is -0.120. The first kappa shape index (κ1) is 17.0. The summed E-state index contributed by atoms with van der Waals surface area (Å²) in [7, 11) is 0. The molecular formula is C15H20ClFN2O3. The van der Waals surface area contributed by atoms with Gasteiger partial charge in [-0.15, -0.1) is 12.4 Å². The fourth-order valence-electron chi connectivity index (χ4n) is 2.72. The Morgan fingerprint density at radius 3 is 3.05 bits per heavy atom. The first-order chi connectivity index (χ1) is 10.1. The van der Waals surface area contributed by atoms with Crippen LogP contribution in [0, 0.1) is 5.82 Å². The lowest BCUT2D eigenvalue weighted by atomic mass is 10.1. The Morgan fingerprint density at radius 1 is 1.50 bits per heavy atom. The summed E-state index contributed by atoms with van der Waals surface area (Å²) in [5.41, 5.74) is 0.635. The average Bonchev–Trinajstić information content (AvgIpc) is 2.47. The van der Waals surface area contributed by atoms with Gasteiger partial charge in [-0.2, -0.15) is 0 Å². The number of hydrogen-bond acceptors (Lipinski definition) is 4. The number of halogens is 2. The van der Waals surface area contributed by atoms with Crippen LogP contribution in [0.25, 0.3) is 0 Å². The lowest BCUT2D eigenvalue weighted by Crippen LogP contribution is -2.48. The predicted octanol–water partition coefficient (Wildman–Crippen LogP) is 1.74. The number of carbonyl (C=O) groups excluding carboxylic acids is 1. The number of fused-ring (bicyclic) bond motifs is 1. The van der Waals surface area contributed by atoms with Crippen molar-refractivity contribution in [2.75, 3.05) is 31.2 Å². The third kappa shape index (κ3) is 3.69. The molecule has 1 fully saturated rings.